The molecule has 1 aliphatic heterocycles. The van der Waals surface area contributed by atoms with Crippen molar-refractivity contribution in [2.45, 2.75) is 6.92 Å². The first-order chi connectivity index (χ1) is 12.1. The molecule has 1 fully saturated rings. The minimum Gasteiger partial charge on any atom is -0.379 e. The van der Waals surface area contributed by atoms with Crippen molar-refractivity contribution in [1.29, 1.82) is 0 Å². The van der Waals surface area contributed by atoms with Gasteiger partial charge in [0.15, 0.2) is 0 Å². The molecule has 1 aliphatic rings. The molecule has 2 N–H and O–H groups in total. The number of benzene rings is 1. The van der Waals surface area contributed by atoms with Crippen LogP contribution in [0, 0.1) is 18.6 Å². The van der Waals surface area contributed by atoms with Gasteiger partial charge in [0.25, 0.3) is 0 Å². The van der Waals surface area contributed by atoms with Crippen molar-refractivity contribution in [1.82, 2.24) is 14.9 Å². The van der Waals surface area contributed by atoms with E-state index in [1.807, 2.05) is 0 Å². The highest BCUT2D eigenvalue weighted by atomic mass is 19.1. The molecule has 0 spiro atoms. The maximum absolute atomic E-state index is 13.8. The number of halogens is 2. The first-order valence-electron chi connectivity index (χ1n) is 8.22. The molecule has 0 aliphatic carbocycles. The van der Waals surface area contributed by atoms with Crippen LogP contribution >= 0.6 is 0 Å². The van der Waals surface area contributed by atoms with Gasteiger partial charge < -0.3 is 15.4 Å². The largest absolute Gasteiger partial charge is 0.379 e. The lowest BCUT2D eigenvalue weighted by Crippen LogP contribution is -2.39. The van der Waals surface area contributed by atoms with E-state index in [0.29, 0.717) is 24.0 Å². The average molecular weight is 349 g/mol. The molecule has 2 heterocycles. The number of para-hydroxylation sites is 1. The normalized spacial score (nSPS) is 15.2. The van der Waals surface area contributed by atoms with Crippen LogP contribution in [0.3, 0.4) is 0 Å². The Morgan fingerprint density at radius 3 is 2.52 bits per heavy atom. The Morgan fingerprint density at radius 2 is 1.80 bits per heavy atom. The van der Waals surface area contributed by atoms with Crippen molar-refractivity contribution < 1.29 is 13.5 Å². The predicted molar refractivity (Wildman–Crippen MR) is 92.2 cm³/mol. The lowest BCUT2D eigenvalue weighted by molar-refractivity contribution is 0.0398. The standard InChI is InChI=1S/C17H21F2N5O/c1-12-21-15(20-5-6-24-7-9-25-10-8-24)11-16(22-12)23-17-13(18)3-2-4-14(17)19/h2-4,11H,5-10H2,1H3,(H2,20,21,22,23). The molecule has 8 heteroatoms. The maximum Gasteiger partial charge on any atom is 0.149 e. The monoisotopic (exact) mass is 349 g/mol. The summed E-state index contributed by atoms with van der Waals surface area (Å²) in [5.41, 5.74) is -0.222. The fraction of sp³-hybridized carbons (Fsp3) is 0.412. The fourth-order valence-corrected chi connectivity index (χ4v) is 2.63. The molecule has 1 saturated heterocycles. The van der Waals surface area contributed by atoms with Gasteiger partial charge in [-0.25, -0.2) is 18.7 Å². The number of hydrogen-bond acceptors (Lipinski definition) is 6. The fourth-order valence-electron chi connectivity index (χ4n) is 2.63. The van der Waals surface area contributed by atoms with Crippen molar-refractivity contribution in [2.75, 3.05) is 50.0 Å². The molecule has 2 aromatic rings. The number of rotatable bonds is 6. The molecular weight excluding hydrogens is 328 g/mol. The third-order valence-electron chi connectivity index (χ3n) is 3.89. The highest BCUT2D eigenvalue weighted by molar-refractivity contribution is 5.60. The summed E-state index contributed by atoms with van der Waals surface area (Å²) in [4.78, 5) is 10.8. The summed E-state index contributed by atoms with van der Waals surface area (Å²) in [7, 11) is 0. The third-order valence-corrected chi connectivity index (χ3v) is 3.89. The first-order valence-corrected chi connectivity index (χ1v) is 8.22. The minimum absolute atomic E-state index is 0.222. The zero-order chi connectivity index (χ0) is 17.6. The molecule has 134 valence electrons. The molecule has 3 rings (SSSR count). The van der Waals surface area contributed by atoms with Crippen LogP contribution in [0.4, 0.5) is 26.1 Å². The van der Waals surface area contributed by atoms with Crippen LogP contribution in [0.2, 0.25) is 0 Å². The van der Waals surface area contributed by atoms with Crippen molar-refractivity contribution in [3.63, 3.8) is 0 Å². The van der Waals surface area contributed by atoms with Crippen LogP contribution in [0.5, 0.6) is 0 Å². The van der Waals surface area contributed by atoms with Gasteiger partial charge in [-0.3, -0.25) is 4.90 Å². The molecular formula is C17H21F2N5O. The number of nitrogens with zero attached hydrogens (tertiary/aromatic N) is 3. The van der Waals surface area contributed by atoms with Crippen molar-refractivity contribution in [2.24, 2.45) is 0 Å². The van der Waals surface area contributed by atoms with Gasteiger partial charge in [0, 0.05) is 32.2 Å². The number of ether oxygens (including phenoxy) is 1. The molecule has 0 amide bonds. The summed E-state index contributed by atoms with van der Waals surface area (Å²) in [6.07, 6.45) is 0. The Hall–Kier alpha value is -2.32. The highest BCUT2D eigenvalue weighted by Gasteiger charge is 2.12. The highest BCUT2D eigenvalue weighted by Crippen LogP contribution is 2.23. The summed E-state index contributed by atoms with van der Waals surface area (Å²) in [5, 5.41) is 5.92. The van der Waals surface area contributed by atoms with E-state index in [1.165, 1.54) is 18.2 Å². The van der Waals surface area contributed by atoms with Crippen LogP contribution in [0.15, 0.2) is 24.3 Å². The van der Waals surface area contributed by atoms with Gasteiger partial charge in [-0.15, -0.1) is 0 Å². The van der Waals surface area contributed by atoms with E-state index in [4.69, 9.17) is 4.74 Å². The Morgan fingerprint density at radius 1 is 1.12 bits per heavy atom. The molecule has 0 radical (unpaired) electrons. The van der Waals surface area contributed by atoms with Gasteiger partial charge in [0.05, 0.1) is 13.2 Å². The number of anilines is 3. The molecule has 1 aromatic heterocycles. The van der Waals surface area contributed by atoms with E-state index in [0.717, 1.165) is 32.8 Å². The first kappa shape index (κ1) is 17.5. The van der Waals surface area contributed by atoms with Crippen LogP contribution in [-0.2, 0) is 4.74 Å². The zero-order valence-corrected chi connectivity index (χ0v) is 14.1. The number of aromatic nitrogens is 2. The van der Waals surface area contributed by atoms with E-state index < -0.39 is 11.6 Å². The van der Waals surface area contributed by atoms with Gasteiger partial charge in [-0.1, -0.05) is 6.07 Å². The molecule has 0 bridgehead atoms. The average Bonchev–Trinajstić information content (AvgIpc) is 2.59. The van der Waals surface area contributed by atoms with Gasteiger partial charge >= 0.3 is 0 Å². The molecule has 0 saturated carbocycles. The zero-order valence-electron chi connectivity index (χ0n) is 14.1. The lowest BCUT2D eigenvalue weighted by atomic mass is 10.3. The summed E-state index contributed by atoms with van der Waals surface area (Å²) >= 11 is 0. The molecule has 1 aromatic carbocycles. The van der Waals surface area contributed by atoms with E-state index in [9.17, 15) is 8.78 Å². The van der Waals surface area contributed by atoms with Crippen LogP contribution in [0.25, 0.3) is 0 Å². The second kappa shape index (κ2) is 8.17. The number of morpholine rings is 1. The van der Waals surface area contributed by atoms with Crippen LogP contribution < -0.4 is 10.6 Å². The van der Waals surface area contributed by atoms with E-state index in [2.05, 4.69) is 25.5 Å². The number of aryl methyl sites for hydroxylation is 1. The smallest absolute Gasteiger partial charge is 0.149 e. The summed E-state index contributed by atoms with van der Waals surface area (Å²) in [6.45, 7) is 6.68. The minimum atomic E-state index is -0.668. The Bertz CT molecular complexity index is 702. The van der Waals surface area contributed by atoms with Crippen LogP contribution in [0.1, 0.15) is 5.82 Å². The SMILES string of the molecule is Cc1nc(NCCN2CCOCC2)cc(Nc2c(F)cccc2F)n1. The van der Waals surface area contributed by atoms with Crippen molar-refractivity contribution in [3.05, 3.63) is 41.7 Å². The summed E-state index contributed by atoms with van der Waals surface area (Å²) in [5.74, 6) is 0.122. The van der Waals surface area contributed by atoms with Crippen molar-refractivity contribution in [3.8, 4) is 0 Å². The molecule has 0 unspecified atom stereocenters. The summed E-state index contributed by atoms with van der Waals surface area (Å²) in [6, 6.07) is 5.35. The Labute approximate surface area is 145 Å². The van der Waals surface area contributed by atoms with E-state index >= 15 is 0 Å². The summed E-state index contributed by atoms with van der Waals surface area (Å²) < 4.78 is 32.9. The van der Waals surface area contributed by atoms with Gasteiger partial charge in [0.2, 0.25) is 0 Å². The number of nitrogens with one attached hydrogen (secondary N) is 2. The van der Waals surface area contributed by atoms with E-state index in [-0.39, 0.29) is 5.69 Å². The molecule has 25 heavy (non-hydrogen) atoms. The van der Waals surface area contributed by atoms with Gasteiger partial charge in [-0.05, 0) is 19.1 Å². The molecule has 6 nitrogen and oxygen atoms in total. The Kier molecular flexibility index (Phi) is 5.72. The van der Waals surface area contributed by atoms with Gasteiger partial charge in [-0.2, -0.15) is 0 Å². The second-order valence-corrected chi connectivity index (χ2v) is 5.79. The molecule has 0 atom stereocenters. The topological polar surface area (TPSA) is 62.3 Å². The predicted octanol–water partition coefficient (Wildman–Crippen LogP) is 2.55. The van der Waals surface area contributed by atoms with Gasteiger partial charge in [0.1, 0.15) is 34.8 Å². The van der Waals surface area contributed by atoms with Crippen LogP contribution in [-0.4, -0.2) is 54.3 Å². The second-order valence-electron chi connectivity index (χ2n) is 5.79. The maximum atomic E-state index is 13.8. The van der Waals surface area contributed by atoms with E-state index in [1.54, 1.807) is 13.0 Å². The Balaban J connectivity index is 1.64. The van der Waals surface area contributed by atoms with Crippen molar-refractivity contribution >= 4 is 17.3 Å². The quantitative estimate of drug-likeness (QED) is 0.836. The lowest BCUT2D eigenvalue weighted by Gasteiger charge is -2.26. The number of hydrogen-bond donors (Lipinski definition) is 2. The third kappa shape index (κ3) is 4.83.